The summed E-state index contributed by atoms with van der Waals surface area (Å²) in [6.07, 6.45) is 0. The number of hydrogen-bond acceptors (Lipinski definition) is 6. The summed E-state index contributed by atoms with van der Waals surface area (Å²) in [5, 5.41) is 3.62. The van der Waals surface area contributed by atoms with Crippen LogP contribution in [0.5, 0.6) is 11.5 Å². The molecule has 118 valence electrons. The fraction of sp³-hybridized carbons (Fsp3) is 0.235. The first-order chi connectivity index (χ1) is 11.1. The van der Waals surface area contributed by atoms with Gasteiger partial charge >= 0.3 is 0 Å². The highest BCUT2D eigenvalue weighted by molar-refractivity contribution is 7.13. The van der Waals surface area contributed by atoms with Crippen LogP contribution in [0.3, 0.4) is 0 Å². The van der Waals surface area contributed by atoms with E-state index in [4.69, 9.17) is 14.5 Å². The minimum absolute atomic E-state index is 0.728. The maximum atomic E-state index is 5.50. The molecule has 6 heteroatoms. The number of hydrogen-bond donors (Lipinski definition) is 0. The Hall–Kier alpha value is -2.47. The summed E-state index contributed by atoms with van der Waals surface area (Å²) in [5.41, 5.74) is 3.33. The molecule has 3 aromatic rings. The van der Waals surface area contributed by atoms with Gasteiger partial charge in [-0.05, 0) is 26.0 Å². The molecule has 2 heterocycles. The largest absolute Gasteiger partial charge is 0.497 e. The lowest BCUT2D eigenvalue weighted by Gasteiger charge is -2.08. The fourth-order valence-corrected chi connectivity index (χ4v) is 3.00. The maximum absolute atomic E-state index is 5.50. The third kappa shape index (κ3) is 3.17. The standard InChI is InChI=1S/C17H17N3O2S/c1-10(2)18-17-20-15(9-23-17)14-8-16(22-4)12-6-5-11(21-3)7-13(12)19-14/h5-9H,1-4H3. The number of benzene rings is 1. The second-order valence-electron chi connectivity index (χ2n) is 5.17. The molecule has 0 radical (unpaired) electrons. The van der Waals surface area contributed by atoms with Gasteiger partial charge in [-0.15, -0.1) is 11.3 Å². The molecule has 23 heavy (non-hydrogen) atoms. The lowest BCUT2D eigenvalue weighted by molar-refractivity contribution is 0.414. The highest BCUT2D eigenvalue weighted by Crippen LogP contribution is 2.33. The predicted octanol–water partition coefficient (Wildman–Crippen LogP) is 4.49. The van der Waals surface area contributed by atoms with Gasteiger partial charge in [0.15, 0.2) is 0 Å². The Balaban J connectivity index is 2.13. The third-order valence-electron chi connectivity index (χ3n) is 3.27. The van der Waals surface area contributed by atoms with Gasteiger partial charge in [-0.1, -0.05) is 0 Å². The molecule has 3 rings (SSSR count). The van der Waals surface area contributed by atoms with Gasteiger partial charge in [-0.3, -0.25) is 0 Å². The van der Waals surface area contributed by atoms with Crippen LogP contribution < -0.4 is 9.47 Å². The molecule has 5 nitrogen and oxygen atoms in total. The van der Waals surface area contributed by atoms with Crippen molar-refractivity contribution in [3.63, 3.8) is 0 Å². The topological polar surface area (TPSA) is 56.6 Å². The molecule has 0 aliphatic carbocycles. The normalized spacial score (nSPS) is 10.6. The number of nitrogens with zero attached hydrogens (tertiary/aromatic N) is 3. The van der Waals surface area contributed by atoms with E-state index in [1.165, 1.54) is 11.3 Å². The second-order valence-corrected chi connectivity index (χ2v) is 6.00. The minimum atomic E-state index is 0.728. The number of thiazole rings is 1. The van der Waals surface area contributed by atoms with E-state index in [9.17, 15) is 0 Å². The van der Waals surface area contributed by atoms with Crippen molar-refractivity contribution in [1.82, 2.24) is 9.97 Å². The van der Waals surface area contributed by atoms with E-state index in [0.29, 0.717) is 0 Å². The Morgan fingerprint density at radius 2 is 1.87 bits per heavy atom. The zero-order chi connectivity index (χ0) is 16.4. The summed E-state index contributed by atoms with van der Waals surface area (Å²) < 4.78 is 10.8. The van der Waals surface area contributed by atoms with Crippen molar-refractivity contribution in [2.75, 3.05) is 14.2 Å². The SMILES string of the molecule is COc1ccc2c(OC)cc(-c3csc(N=C(C)C)n3)nc2c1. The zero-order valence-electron chi connectivity index (χ0n) is 13.5. The van der Waals surface area contributed by atoms with Gasteiger partial charge in [0, 0.05) is 28.6 Å². The Kier molecular flexibility index (Phi) is 4.25. The second kappa shape index (κ2) is 6.34. The van der Waals surface area contributed by atoms with Crippen molar-refractivity contribution in [1.29, 1.82) is 0 Å². The van der Waals surface area contributed by atoms with Crippen molar-refractivity contribution in [3.05, 3.63) is 29.6 Å². The molecule has 0 saturated heterocycles. The Morgan fingerprint density at radius 1 is 1.04 bits per heavy atom. The van der Waals surface area contributed by atoms with Crippen LogP contribution in [0.2, 0.25) is 0 Å². The average Bonchev–Trinajstić information content (AvgIpc) is 3.00. The Morgan fingerprint density at radius 3 is 2.57 bits per heavy atom. The molecule has 0 unspecified atom stereocenters. The molecule has 0 amide bonds. The fourth-order valence-electron chi connectivity index (χ4n) is 2.23. The van der Waals surface area contributed by atoms with Gasteiger partial charge < -0.3 is 9.47 Å². The summed E-state index contributed by atoms with van der Waals surface area (Å²) >= 11 is 1.50. The molecule has 0 N–H and O–H groups in total. The Bertz CT molecular complexity index is 883. The molecular formula is C17H17N3O2S. The third-order valence-corrected chi connectivity index (χ3v) is 4.01. The molecule has 0 fully saturated rings. The molecule has 1 aromatic carbocycles. The van der Waals surface area contributed by atoms with Crippen LogP contribution in [0, 0.1) is 0 Å². The van der Waals surface area contributed by atoms with Crippen LogP contribution in [0.4, 0.5) is 5.13 Å². The highest BCUT2D eigenvalue weighted by atomic mass is 32.1. The van der Waals surface area contributed by atoms with E-state index in [2.05, 4.69) is 9.98 Å². The first-order valence-corrected chi connectivity index (χ1v) is 7.99. The number of aromatic nitrogens is 2. The zero-order valence-corrected chi connectivity index (χ0v) is 14.3. The van der Waals surface area contributed by atoms with E-state index in [1.807, 2.05) is 43.5 Å². The lowest BCUT2D eigenvalue weighted by atomic mass is 10.1. The maximum Gasteiger partial charge on any atom is 0.209 e. The van der Waals surface area contributed by atoms with Crippen molar-refractivity contribution in [2.45, 2.75) is 13.8 Å². The van der Waals surface area contributed by atoms with Crippen molar-refractivity contribution in [2.24, 2.45) is 4.99 Å². The number of rotatable bonds is 4. The summed E-state index contributed by atoms with van der Waals surface area (Å²) in [4.78, 5) is 13.6. The van der Waals surface area contributed by atoms with Gasteiger partial charge in [0.1, 0.15) is 17.2 Å². The van der Waals surface area contributed by atoms with Crippen molar-refractivity contribution >= 4 is 33.1 Å². The monoisotopic (exact) mass is 327 g/mol. The van der Waals surface area contributed by atoms with E-state index >= 15 is 0 Å². The van der Waals surface area contributed by atoms with Crippen molar-refractivity contribution in [3.8, 4) is 22.9 Å². The van der Waals surface area contributed by atoms with Crippen LogP contribution in [0.25, 0.3) is 22.3 Å². The number of aliphatic imine (C=N–C) groups is 1. The van der Waals surface area contributed by atoms with Gasteiger partial charge in [0.05, 0.1) is 25.4 Å². The van der Waals surface area contributed by atoms with E-state index in [0.717, 1.165) is 44.6 Å². The first-order valence-electron chi connectivity index (χ1n) is 7.11. The predicted molar refractivity (Wildman–Crippen MR) is 94.4 cm³/mol. The van der Waals surface area contributed by atoms with Gasteiger partial charge in [0.25, 0.3) is 0 Å². The minimum Gasteiger partial charge on any atom is -0.497 e. The molecule has 0 saturated carbocycles. The molecule has 2 aromatic heterocycles. The molecule has 0 spiro atoms. The molecule has 0 aliphatic rings. The molecule has 0 atom stereocenters. The van der Waals surface area contributed by atoms with E-state index in [1.54, 1.807) is 14.2 Å². The summed E-state index contributed by atoms with van der Waals surface area (Å²) in [7, 11) is 3.29. The van der Waals surface area contributed by atoms with Gasteiger partial charge in [0.2, 0.25) is 5.13 Å². The number of fused-ring (bicyclic) bond motifs is 1. The summed E-state index contributed by atoms with van der Waals surface area (Å²) in [6, 6.07) is 7.63. The summed E-state index contributed by atoms with van der Waals surface area (Å²) in [5.74, 6) is 1.52. The van der Waals surface area contributed by atoms with Crippen LogP contribution in [0.1, 0.15) is 13.8 Å². The lowest BCUT2D eigenvalue weighted by Crippen LogP contribution is -1.92. The first kappa shape index (κ1) is 15.4. The van der Waals surface area contributed by atoms with Crippen LogP contribution in [-0.4, -0.2) is 29.9 Å². The summed E-state index contributed by atoms with van der Waals surface area (Å²) in [6.45, 7) is 3.90. The van der Waals surface area contributed by atoms with Crippen LogP contribution in [0.15, 0.2) is 34.6 Å². The molecule has 0 bridgehead atoms. The number of pyridine rings is 1. The van der Waals surface area contributed by atoms with Crippen molar-refractivity contribution < 1.29 is 9.47 Å². The van der Waals surface area contributed by atoms with Gasteiger partial charge in [-0.25, -0.2) is 15.0 Å². The smallest absolute Gasteiger partial charge is 0.209 e. The quantitative estimate of drug-likeness (QED) is 0.663. The highest BCUT2D eigenvalue weighted by Gasteiger charge is 2.11. The number of ether oxygens (including phenoxy) is 2. The average molecular weight is 327 g/mol. The van der Waals surface area contributed by atoms with Crippen LogP contribution >= 0.6 is 11.3 Å². The Labute approximate surface area is 138 Å². The number of methoxy groups -OCH3 is 2. The van der Waals surface area contributed by atoms with Gasteiger partial charge in [-0.2, -0.15) is 0 Å². The van der Waals surface area contributed by atoms with E-state index in [-0.39, 0.29) is 0 Å². The van der Waals surface area contributed by atoms with E-state index < -0.39 is 0 Å². The molecule has 0 aliphatic heterocycles. The van der Waals surface area contributed by atoms with Crippen LogP contribution in [-0.2, 0) is 0 Å². The molecular weight excluding hydrogens is 310 g/mol.